The van der Waals surface area contributed by atoms with Gasteiger partial charge < -0.3 is 5.32 Å². The lowest BCUT2D eigenvalue weighted by atomic mass is 10.2. The third kappa shape index (κ3) is 2.20. The largest absolute Gasteiger partial charge is 0.313 e. The van der Waals surface area contributed by atoms with Crippen LogP contribution in [0.5, 0.6) is 0 Å². The predicted molar refractivity (Wildman–Crippen MR) is 49.9 cm³/mol. The van der Waals surface area contributed by atoms with Gasteiger partial charge in [0.1, 0.15) is 0 Å². The van der Waals surface area contributed by atoms with Gasteiger partial charge in [-0.2, -0.15) is 0 Å². The average molecular weight is 191 g/mol. The molecule has 0 amide bonds. The molecule has 0 saturated carbocycles. The monoisotopic (exact) mass is 191 g/mol. The van der Waals surface area contributed by atoms with Crippen LogP contribution in [0, 0.1) is 0 Å². The zero-order chi connectivity index (χ0) is 9.19. The van der Waals surface area contributed by atoms with E-state index in [2.05, 4.69) is 5.32 Å². The summed E-state index contributed by atoms with van der Waals surface area (Å²) in [6, 6.07) is 0.344. The smallest absolute Gasteiger partial charge is 0.154 e. The molecule has 2 unspecified atom stereocenters. The Morgan fingerprint density at radius 1 is 1.50 bits per heavy atom. The fraction of sp³-hybridized carbons (Fsp3) is 1.00. The van der Waals surface area contributed by atoms with Gasteiger partial charge in [-0.25, -0.2) is 8.42 Å². The predicted octanol–water partition coefficient (Wildman–Crippen LogP) is 0.562. The maximum atomic E-state index is 11.5. The second-order valence-corrected chi connectivity index (χ2v) is 5.90. The van der Waals surface area contributed by atoms with Crippen molar-refractivity contribution in [2.75, 3.05) is 12.3 Å². The molecule has 2 atom stereocenters. The van der Waals surface area contributed by atoms with E-state index >= 15 is 0 Å². The highest BCUT2D eigenvalue weighted by Gasteiger charge is 2.27. The van der Waals surface area contributed by atoms with Gasteiger partial charge in [-0.15, -0.1) is 0 Å². The fourth-order valence-electron chi connectivity index (χ4n) is 1.47. The molecule has 72 valence electrons. The van der Waals surface area contributed by atoms with Gasteiger partial charge >= 0.3 is 0 Å². The molecule has 3 nitrogen and oxygen atoms in total. The SMILES string of the molecule is CCC1CNC(C)CCS1(=O)=O. The number of hydrogen-bond acceptors (Lipinski definition) is 3. The Balaban J connectivity index is 2.74. The first-order chi connectivity index (χ1) is 5.56. The van der Waals surface area contributed by atoms with E-state index in [1.165, 1.54) is 0 Å². The Hall–Kier alpha value is -0.0900. The summed E-state index contributed by atoms with van der Waals surface area (Å²) >= 11 is 0. The highest BCUT2D eigenvalue weighted by atomic mass is 32.2. The molecule has 0 radical (unpaired) electrons. The normalized spacial score (nSPS) is 35.8. The van der Waals surface area contributed by atoms with Crippen LogP contribution in [0.15, 0.2) is 0 Å². The van der Waals surface area contributed by atoms with E-state index in [4.69, 9.17) is 0 Å². The topological polar surface area (TPSA) is 46.2 Å². The summed E-state index contributed by atoms with van der Waals surface area (Å²) in [5.74, 6) is 0.347. The zero-order valence-corrected chi connectivity index (χ0v) is 8.52. The van der Waals surface area contributed by atoms with Crippen LogP contribution in [0.25, 0.3) is 0 Å². The molecular formula is C8H17NO2S. The first-order valence-electron chi connectivity index (χ1n) is 4.51. The molecule has 12 heavy (non-hydrogen) atoms. The lowest BCUT2D eigenvalue weighted by molar-refractivity contribution is 0.538. The Labute approximate surface area is 74.5 Å². The Bertz CT molecular complexity index is 235. The third-order valence-corrected chi connectivity index (χ3v) is 4.81. The molecular weight excluding hydrogens is 174 g/mol. The van der Waals surface area contributed by atoms with Gasteiger partial charge in [0.05, 0.1) is 11.0 Å². The van der Waals surface area contributed by atoms with Crippen LogP contribution in [0.4, 0.5) is 0 Å². The molecule has 0 aromatic carbocycles. The molecule has 1 fully saturated rings. The number of nitrogens with one attached hydrogen (secondary N) is 1. The van der Waals surface area contributed by atoms with E-state index < -0.39 is 9.84 Å². The van der Waals surface area contributed by atoms with E-state index in [1.54, 1.807) is 0 Å². The maximum absolute atomic E-state index is 11.5. The molecule has 0 spiro atoms. The molecule has 4 heteroatoms. The second-order valence-electron chi connectivity index (χ2n) is 3.50. The van der Waals surface area contributed by atoms with Gasteiger partial charge in [0.15, 0.2) is 9.84 Å². The average Bonchev–Trinajstić information content (AvgIpc) is 2.12. The van der Waals surface area contributed by atoms with Crippen LogP contribution < -0.4 is 5.32 Å². The lowest BCUT2D eigenvalue weighted by Crippen LogP contribution is -2.32. The first-order valence-corrected chi connectivity index (χ1v) is 6.22. The molecule has 0 aliphatic carbocycles. The maximum Gasteiger partial charge on any atom is 0.154 e. The van der Waals surface area contributed by atoms with E-state index in [0.717, 1.165) is 12.8 Å². The summed E-state index contributed by atoms with van der Waals surface area (Å²) in [7, 11) is -2.81. The van der Waals surface area contributed by atoms with Crippen molar-refractivity contribution >= 4 is 9.84 Å². The molecule has 0 aromatic heterocycles. The molecule has 1 heterocycles. The summed E-state index contributed by atoms with van der Waals surface area (Å²) in [5, 5.41) is 3.06. The zero-order valence-electron chi connectivity index (χ0n) is 7.71. The Kier molecular flexibility index (Phi) is 3.12. The highest BCUT2D eigenvalue weighted by molar-refractivity contribution is 7.92. The van der Waals surface area contributed by atoms with Gasteiger partial charge in [-0.1, -0.05) is 6.92 Å². The highest BCUT2D eigenvalue weighted by Crippen LogP contribution is 2.12. The van der Waals surface area contributed by atoms with Crippen molar-refractivity contribution in [3.05, 3.63) is 0 Å². The lowest BCUT2D eigenvalue weighted by Gasteiger charge is -2.11. The van der Waals surface area contributed by atoms with Crippen LogP contribution in [0.3, 0.4) is 0 Å². The van der Waals surface area contributed by atoms with Crippen molar-refractivity contribution in [3.8, 4) is 0 Å². The van der Waals surface area contributed by atoms with Crippen molar-refractivity contribution in [1.82, 2.24) is 5.32 Å². The van der Waals surface area contributed by atoms with Crippen molar-refractivity contribution < 1.29 is 8.42 Å². The molecule has 1 rings (SSSR count). The van der Waals surface area contributed by atoms with E-state index in [1.807, 2.05) is 13.8 Å². The van der Waals surface area contributed by atoms with Crippen LogP contribution >= 0.6 is 0 Å². The summed E-state index contributed by atoms with van der Waals surface area (Å²) in [6.45, 7) is 4.59. The Morgan fingerprint density at radius 3 is 2.75 bits per heavy atom. The quantitative estimate of drug-likeness (QED) is 0.659. The summed E-state index contributed by atoms with van der Waals surface area (Å²) in [6.07, 6.45) is 1.47. The van der Waals surface area contributed by atoms with Crippen LogP contribution in [-0.4, -0.2) is 32.0 Å². The number of sulfone groups is 1. The molecule has 1 saturated heterocycles. The Morgan fingerprint density at radius 2 is 2.17 bits per heavy atom. The van der Waals surface area contributed by atoms with E-state index in [9.17, 15) is 8.42 Å². The minimum atomic E-state index is -2.81. The first kappa shape index (κ1) is 9.99. The standard InChI is InChI=1S/C8H17NO2S/c1-3-8-6-9-7(2)4-5-12(8,10)11/h7-9H,3-6H2,1-2H3. The van der Waals surface area contributed by atoms with Crippen molar-refractivity contribution in [1.29, 1.82) is 0 Å². The van der Waals surface area contributed by atoms with Gasteiger partial charge in [-0.3, -0.25) is 0 Å². The second kappa shape index (κ2) is 3.75. The van der Waals surface area contributed by atoms with Crippen molar-refractivity contribution in [3.63, 3.8) is 0 Å². The van der Waals surface area contributed by atoms with Crippen LogP contribution in [0.1, 0.15) is 26.7 Å². The van der Waals surface area contributed by atoms with Crippen LogP contribution in [-0.2, 0) is 9.84 Å². The summed E-state index contributed by atoms with van der Waals surface area (Å²) < 4.78 is 23.1. The minimum Gasteiger partial charge on any atom is -0.313 e. The van der Waals surface area contributed by atoms with E-state index in [-0.39, 0.29) is 5.25 Å². The molecule has 1 aliphatic rings. The number of hydrogen-bond donors (Lipinski definition) is 1. The third-order valence-electron chi connectivity index (χ3n) is 2.49. The number of rotatable bonds is 1. The van der Waals surface area contributed by atoms with Gasteiger partial charge in [0.2, 0.25) is 0 Å². The molecule has 0 bridgehead atoms. The fourth-order valence-corrected chi connectivity index (χ4v) is 3.34. The van der Waals surface area contributed by atoms with Crippen LogP contribution in [0.2, 0.25) is 0 Å². The molecule has 0 aromatic rings. The van der Waals surface area contributed by atoms with Crippen molar-refractivity contribution in [2.45, 2.75) is 38.0 Å². The van der Waals surface area contributed by atoms with Gasteiger partial charge in [0.25, 0.3) is 0 Å². The molecule has 1 aliphatic heterocycles. The van der Waals surface area contributed by atoms with Gasteiger partial charge in [0, 0.05) is 12.6 Å². The van der Waals surface area contributed by atoms with E-state index in [0.29, 0.717) is 18.3 Å². The van der Waals surface area contributed by atoms with Gasteiger partial charge in [-0.05, 0) is 19.8 Å². The summed E-state index contributed by atoms with van der Waals surface area (Å²) in [4.78, 5) is 0. The molecule has 1 N–H and O–H groups in total. The minimum absolute atomic E-state index is 0.164. The van der Waals surface area contributed by atoms with Crippen molar-refractivity contribution in [2.24, 2.45) is 0 Å². The summed E-state index contributed by atoms with van der Waals surface area (Å²) in [5.41, 5.74) is 0.